The van der Waals surface area contributed by atoms with Gasteiger partial charge in [-0.15, -0.1) is 10.2 Å². The van der Waals surface area contributed by atoms with Crippen molar-refractivity contribution in [2.24, 2.45) is 0 Å². The van der Waals surface area contributed by atoms with E-state index < -0.39 is 9.84 Å². The van der Waals surface area contributed by atoms with Gasteiger partial charge in [-0.05, 0) is 49.4 Å². The molecule has 0 spiro atoms. The molecule has 1 aromatic carbocycles. The van der Waals surface area contributed by atoms with Crippen LogP contribution in [0.25, 0.3) is 17.2 Å². The van der Waals surface area contributed by atoms with Crippen molar-refractivity contribution in [2.45, 2.75) is 29.7 Å². The van der Waals surface area contributed by atoms with E-state index in [-0.39, 0.29) is 16.6 Å². The quantitative estimate of drug-likeness (QED) is 0.591. The van der Waals surface area contributed by atoms with Crippen molar-refractivity contribution in [3.8, 4) is 17.2 Å². The highest BCUT2D eigenvalue weighted by atomic mass is 32.2. The summed E-state index contributed by atoms with van der Waals surface area (Å²) in [7, 11) is -3.37. The predicted molar refractivity (Wildman–Crippen MR) is 118 cm³/mol. The van der Waals surface area contributed by atoms with Crippen LogP contribution in [0.3, 0.4) is 0 Å². The van der Waals surface area contributed by atoms with Crippen LogP contribution in [0.15, 0.2) is 71.9 Å². The number of allylic oxidation sites excluding steroid dienone is 2. The maximum atomic E-state index is 14.8. The van der Waals surface area contributed by atoms with Crippen LogP contribution in [0, 0.1) is 5.82 Å². The molecule has 1 fully saturated rings. The molecule has 9 heteroatoms. The average molecular weight is 452 g/mol. The normalized spacial score (nSPS) is 20.4. The molecular formula is C23H22FN5O2S. The first-order valence-electron chi connectivity index (χ1n) is 10.4. The number of rotatable bonds is 5. The zero-order chi connectivity index (χ0) is 22.3. The van der Waals surface area contributed by atoms with Crippen molar-refractivity contribution in [2.75, 3.05) is 12.8 Å². The van der Waals surface area contributed by atoms with Gasteiger partial charge in [0, 0.05) is 31.0 Å². The van der Waals surface area contributed by atoms with Crippen LogP contribution in [-0.4, -0.2) is 51.9 Å². The second kappa shape index (κ2) is 7.98. The maximum absolute atomic E-state index is 14.8. The minimum absolute atomic E-state index is 0.115. The number of benzene rings is 1. The number of aromatic nitrogens is 4. The Morgan fingerprint density at radius 1 is 1.06 bits per heavy atom. The van der Waals surface area contributed by atoms with Gasteiger partial charge in [-0.3, -0.25) is 9.55 Å². The predicted octanol–water partition coefficient (Wildman–Crippen LogP) is 3.50. The smallest absolute Gasteiger partial charge is 0.187 e. The zero-order valence-electron chi connectivity index (χ0n) is 17.5. The highest BCUT2D eigenvalue weighted by molar-refractivity contribution is 7.90. The molecule has 2 aliphatic rings. The van der Waals surface area contributed by atoms with Gasteiger partial charge in [-0.25, -0.2) is 12.8 Å². The number of hydrogen-bond acceptors (Lipinski definition) is 6. The number of nitrogens with zero attached hydrogens (tertiary/aromatic N) is 5. The molecule has 0 amide bonds. The molecule has 7 nitrogen and oxygen atoms in total. The SMILES string of the molecule is CS(=O)(=O)c1ccc(-c2nnc(C3CC(N4C=CC=CC4)C3)n2-c2ccccc2F)nc1. The number of pyridine rings is 1. The van der Waals surface area contributed by atoms with E-state index in [1.807, 2.05) is 12.2 Å². The van der Waals surface area contributed by atoms with Crippen LogP contribution in [0.4, 0.5) is 4.39 Å². The molecular weight excluding hydrogens is 429 g/mol. The largest absolute Gasteiger partial charge is 0.371 e. The summed E-state index contributed by atoms with van der Waals surface area (Å²) in [6, 6.07) is 9.95. The van der Waals surface area contributed by atoms with E-state index in [1.165, 1.54) is 18.3 Å². The first-order chi connectivity index (χ1) is 15.4. The Kier molecular flexibility index (Phi) is 5.13. The lowest BCUT2D eigenvalue weighted by Crippen LogP contribution is -2.42. The fraction of sp³-hybridized carbons (Fsp3) is 0.261. The van der Waals surface area contributed by atoms with E-state index >= 15 is 0 Å². The average Bonchev–Trinajstić information content (AvgIpc) is 3.18. The van der Waals surface area contributed by atoms with Crippen LogP contribution in [0.2, 0.25) is 0 Å². The lowest BCUT2D eigenvalue weighted by atomic mass is 9.78. The van der Waals surface area contributed by atoms with Gasteiger partial charge in [0.1, 0.15) is 17.3 Å². The minimum Gasteiger partial charge on any atom is -0.371 e. The summed E-state index contributed by atoms with van der Waals surface area (Å²) < 4.78 is 40.1. The molecule has 2 aromatic heterocycles. The highest BCUT2D eigenvalue weighted by Crippen LogP contribution is 2.41. The summed E-state index contributed by atoms with van der Waals surface area (Å²) >= 11 is 0. The molecule has 1 aliphatic carbocycles. The van der Waals surface area contributed by atoms with Gasteiger partial charge in [0.2, 0.25) is 0 Å². The third-order valence-electron chi connectivity index (χ3n) is 5.96. The molecule has 3 heterocycles. The summed E-state index contributed by atoms with van der Waals surface area (Å²) in [5, 5.41) is 8.75. The first-order valence-corrected chi connectivity index (χ1v) is 12.3. The number of halogens is 1. The number of para-hydroxylation sites is 1. The maximum Gasteiger partial charge on any atom is 0.187 e. The van der Waals surface area contributed by atoms with Gasteiger partial charge in [-0.1, -0.05) is 24.3 Å². The monoisotopic (exact) mass is 451 g/mol. The van der Waals surface area contributed by atoms with Crippen molar-refractivity contribution in [3.05, 3.63) is 78.7 Å². The summed E-state index contributed by atoms with van der Waals surface area (Å²) in [6.07, 6.45) is 12.5. The Morgan fingerprint density at radius 3 is 2.53 bits per heavy atom. The Balaban J connectivity index is 1.51. The number of sulfone groups is 1. The van der Waals surface area contributed by atoms with Crippen LogP contribution in [0.1, 0.15) is 24.6 Å². The second-order valence-corrected chi connectivity index (χ2v) is 10.1. The highest BCUT2D eigenvalue weighted by Gasteiger charge is 2.38. The molecule has 1 aliphatic heterocycles. The molecule has 0 saturated heterocycles. The van der Waals surface area contributed by atoms with E-state index in [9.17, 15) is 12.8 Å². The van der Waals surface area contributed by atoms with E-state index in [1.54, 1.807) is 28.8 Å². The van der Waals surface area contributed by atoms with Gasteiger partial charge < -0.3 is 4.90 Å². The van der Waals surface area contributed by atoms with E-state index in [4.69, 9.17) is 0 Å². The van der Waals surface area contributed by atoms with Gasteiger partial charge >= 0.3 is 0 Å². The molecule has 5 rings (SSSR count). The molecule has 3 aromatic rings. The van der Waals surface area contributed by atoms with Gasteiger partial charge in [0.25, 0.3) is 0 Å². The van der Waals surface area contributed by atoms with Crippen LogP contribution >= 0.6 is 0 Å². The van der Waals surface area contributed by atoms with Crippen LogP contribution in [-0.2, 0) is 9.84 Å². The van der Waals surface area contributed by atoms with Crippen molar-refractivity contribution in [3.63, 3.8) is 0 Å². The first kappa shape index (κ1) is 20.6. The van der Waals surface area contributed by atoms with Crippen LogP contribution in [0.5, 0.6) is 0 Å². The summed E-state index contributed by atoms with van der Waals surface area (Å²) in [5.74, 6) is 0.819. The lowest BCUT2D eigenvalue weighted by molar-refractivity contribution is 0.165. The van der Waals surface area contributed by atoms with Gasteiger partial charge in [0.05, 0.1) is 10.6 Å². The van der Waals surface area contributed by atoms with Gasteiger partial charge in [-0.2, -0.15) is 0 Å². The van der Waals surface area contributed by atoms with Crippen LogP contribution < -0.4 is 0 Å². The molecule has 0 unspecified atom stereocenters. The van der Waals surface area contributed by atoms with Crippen molar-refractivity contribution < 1.29 is 12.8 Å². The molecule has 1 saturated carbocycles. The standard InChI is InChI=1S/C23H22FN5O2S/c1-32(30,31)18-9-10-20(25-15-18)23-27-26-22(29(23)21-8-4-3-7-19(21)24)16-13-17(14-16)28-11-5-2-6-12-28/h2-11,15-17H,12-14H2,1H3. The Morgan fingerprint density at radius 2 is 1.88 bits per heavy atom. The third-order valence-corrected chi connectivity index (χ3v) is 7.06. The van der Waals surface area contributed by atoms with Crippen molar-refractivity contribution in [1.82, 2.24) is 24.6 Å². The number of hydrogen-bond donors (Lipinski definition) is 0. The fourth-order valence-electron chi connectivity index (χ4n) is 4.15. The molecule has 0 radical (unpaired) electrons. The zero-order valence-corrected chi connectivity index (χ0v) is 18.3. The Hall–Kier alpha value is -3.33. The third kappa shape index (κ3) is 3.73. The molecule has 164 valence electrons. The van der Waals surface area contributed by atoms with E-state index in [0.717, 1.165) is 25.6 Å². The molecule has 0 bridgehead atoms. The van der Waals surface area contributed by atoms with E-state index in [2.05, 4.69) is 32.4 Å². The fourth-order valence-corrected chi connectivity index (χ4v) is 4.71. The second-order valence-electron chi connectivity index (χ2n) is 8.11. The Bertz CT molecular complexity index is 1310. The van der Waals surface area contributed by atoms with Crippen molar-refractivity contribution >= 4 is 9.84 Å². The van der Waals surface area contributed by atoms with E-state index in [0.29, 0.717) is 29.1 Å². The summed E-state index contributed by atoms with van der Waals surface area (Å²) in [4.78, 5) is 6.70. The molecule has 32 heavy (non-hydrogen) atoms. The lowest BCUT2D eigenvalue weighted by Gasteiger charge is -2.42. The topological polar surface area (TPSA) is 81.0 Å². The van der Waals surface area contributed by atoms with Crippen molar-refractivity contribution in [1.29, 1.82) is 0 Å². The summed E-state index contributed by atoms with van der Waals surface area (Å²) in [5.41, 5.74) is 0.778. The molecule has 0 atom stereocenters. The Labute approximate surface area is 185 Å². The molecule has 0 N–H and O–H groups in total. The van der Waals surface area contributed by atoms with Gasteiger partial charge in [0.15, 0.2) is 15.7 Å². The minimum atomic E-state index is -3.37. The summed E-state index contributed by atoms with van der Waals surface area (Å²) in [6.45, 7) is 0.885.